The lowest BCUT2D eigenvalue weighted by Gasteiger charge is -2.43. The summed E-state index contributed by atoms with van der Waals surface area (Å²) in [6.07, 6.45) is 0. The van der Waals surface area contributed by atoms with Gasteiger partial charge in [0.1, 0.15) is 0 Å². The van der Waals surface area contributed by atoms with Gasteiger partial charge >= 0.3 is 0 Å². The molecule has 0 bridgehead atoms. The van der Waals surface area contributed by atoms with E-state index in [0.717, 1.165) is 170 Å². The van der Waals surface area contributed by atoms with Crippen LogP contribution in [0.15, 0.2) is 333 Å². The molecule has 0 unspecified atom stereocenters. The monoisotopic (exact) mass is 1470 g/mol. The van der Waals surface area contributed by atoms with Crippen molar-refractivity contribution in [3.63, 3.8) is 0 Å². The van der Waals surface area contributed by atoms with E-state index in [0.29, 0.717) is 16.9 Å². The number of hydrogen-bond acceptors (Lipinski definition) is 1. The first-order chi connectivity index (χ1) is 60.9. The van der Waals surface area contributed by atoms with Gasteiger partial charge in [0.15, 0.2) is 0 Å². The number of para-hydroxylation sites is 4. The van der Waals surface area contributed by atoms with Gasteiger partial charge in [0.2, 0.25) is 0 Å². The average molecular weight is 1470 g/mol. The zero-order valence-electron chi connectivity index (χ0n) is 77.6. The van der Waals surface area contributed by atoms with Gasteiger partial charge in [0.25, 0.3) is 6.71 Å². The first kappa shape index (κ1) is 54.3. The molecule has 0 aliphatic carbocycles. The number of anilines is 3. The van der Waals surface area contributed by atoms with Crippen LogP contribution in [0.4, 0.5) is 17.1 Å². The van der Waals surface area contributed by atoms with Crippen LogP contribution in [-0.4, -0.2) is 24.8 Å². The molecule has 21 aromatic rings. The van der Waals surface area contributed by atoms with Gasteiger partial charge in [-0.05, 0) is 190 Å². The molecule has 0 atom stereocenters. The SMILES string of the molecule is [2H]c1c([2H])c([2H])c(-c2ccc3c(c2)N(c2c(-c4ccccc4)cc(C(C)(C)C)cc2-c2ccccc2)c2c4c(cc5c2c2cccc6c7ccccc7c7ccccc7c7ccccc7n5c62)-n2c5ccc(-n6c7c([2H])c([2H])c([2H])c([2H])c7c7c([2H])c([2H])c([2H])c([2H])c76)cc5c5cc(-n6c7ccc(C(C)(C)C)cc7c7cc(C(C)(C)C)ccc76)cc(c52)B34)c([2H])c1[2H]. The number of hydrogen-bond donors (Lipinski definition) is 0. The van der Waals surface area contributed by atoms with Crippen molar-refractivity contribution in [1.82, 2.24) is 18.1 Å². The zero-order chi connectivity index (χ0) is 87.8. The first-order valence-electron chi connectivity index (χ1n) is 45.9. The van der Waals surface area contributed by atoms with E-state index in [1.807, 2.05) is 30.3 Å². The highest BCUT2D eigenvalue weighted by Gasteiger charge is 2.46. The van der Waals surface area contributed by atoms with Gasteiger partial charge in [-0.25, -0.2) is 0 Å². The molecule has 5 nitrogen and oxygen atoms in total. The fraction of sp³-hybridized carbons (Fsp3) is 0.111. The van der Waals surface area contributed by atoms with Gasteiger partial charge in [-0.15, -0.1) is 0 Å². The Bertz CT molecular complexity index is 8400. The van der Waals surface area contributed by atoms with Crippen LogP contribution in [0.5, 0.6) is 0 Å². The molecule has 0 saturated carbocycles. The Labute approximate surface area is 681 Å². The Morgan fingerprint density at radius 2 is 0.772 bits per heavy atom. The standard InChI is InChI=1S/C108H82BN5/c1-106(2,3)69-49-53-94-85(57-69)86-58-70(107(4,5)6)50-54-95(86)111(94)73-62-88-87-61-72(110-91-45-26-24-41-79(91)80-42-25-27-46-92(80)110)51-55-96(87)113-99-64-98-100(82-44-29-43-81-77-39-22-20-37-75(77)74-36-19-21-38-76(74)78-40-23-28-47-93(78)112(98)102(81)82)105-101(99)109(90(63-73)104(88)113)89-52-48-68(65-30-13-10-14-31-65)56-97(89)114(105)103-83(66-32-15-11-16-33-66)59-71(108(7,8)9)60-84(103)67-34-17-12-18-35-67/h10-64H,1-9H3/i10D,13D,14D,24D,25D,26D,27D,30D,31D,41D,42D,45D,46D. The van der Waals surface area contributed by atoms with E-state index in [1.54, 1.807) is 4.57 Å². The number of fused-ring (bicyclic) bond motifs is 24. The summed E-state index contributed by atoms with van der Waals surface area (Å²) < 4.78 is 133. The van der Waals surface area contributed by atoms with Crippen molar-refractivity contribution >= 4 is 165 Å². The third kappa shape index (κ3) is 9.55. The summed E-state index contributed by atoms with van der Waals surface area (Å²) in [4.78, 5) is 2.48. The molecule has 23 rings (SSSR count). The Morgan fingerprint density at radius 1 is 0.272 bits per heavy atom. The normalized spacial score (nSPS) is 14.7. The molecule has 5 aromatic heterocycles. The number of rotatable bonds is 6. The maximum absolute atomic E-state index is 9.94. The zero-order valence-corrected chi connectivity index (χ0v) is 64.6. The summed E-state index contributed by atoms with van der Waals surface area (Å²) in [6.45, 7) is 19.5. The van der Waals surface area contributed by atoms with Crippen LogP contribution in [0.2, 0.25) is 0 Å². The molecule has 114 heavy (non-hydrogen) atoms. The van der Waals surface area contributed by atoms with Crippen molar-refractivity contribution < 1.29 is 17.8 Å². The van der Waals surface area contributed by atoms with Crippen LogP contribution < -0.4 is 21.3 Å². The van der Waals surface area contributed by atoms with E-state index >= 15 is 0 Å². The second kappa shape index (κ2) is 24.1. The van der Waals surface area contributed by atoms with Crippen molar-refractivity contribution in [1.29, 1.82) is 0 Å². The van der Waals surface area contributed by atoms with Crippen molar-refractivity contribution in [3.05, 3.63) is 350 Å². The molecule has 0 N–H and O–H groups in total. The maximum atomic E-state index is 9.94. The minimum absolute atomic E-state index is 0.00120. The van der Waals surface area contributed by atoms with E-state index in [1.165, 1.54) is 11.1 Å². The first-order valence-corrected chi connectivity index (χ1v) is 39.4. The molecule has 2 aliphatic rings. The van der Waals surface area contributed by atoms with Crippen LogP contribution in [0, 0.1) is 0 Å². The summed E-state index contributed by atoms with van der Waals surface area (Å²) in [6, 6.07) is 85.7. The Kier molecular flexibility index (Phi) is 11.5. The third-order valence-corrected chi connectivity index (χ3v) is 24.6. The van der Waals surface area contributed by atoms with Gasteiger partial charge in [-0.1, -0.05) is 299 Å². The number of nitrogens with zero attached hydrogens (tertiary/aromatic N) is 5. The quantitative estimate of drug-likeness (QED) is 0.152. The van der Waals surface area contributed by atoms with Crippen LogP contribution in [0.25, 0.3) is 176 Å². The summed E-state index contributed by atoms with van der Waals surface area (Å²) >= 11 is 0. The molecule has 0 amide bonds. The van der Waals surface area contributed by atoms with Gasteiger partial charge in [-0.2, -0.15) is 0 Å². The Morgan fingerprint density at radius 3 is 1.39 bits per heavy atom. The molecule has 7 heterocycles. The second-order valence-electron chi connectivity index (χ2n) is 34.2. The van der Waals surface area contributed by atoms with E-state index in [9.17, 15) is 13.7 Å². The van der Waals surface area contributed by atoms with E-state index in [4.69, 9.17) is 4.11 Å². The van der Waals surface area contributed by atoms with Gasteiger partial charge in [0, 0.05) is 93.3 Å². The predicted molar refractivity (Wildman–Crippen MR) is 489 cm³/mol. The molecule has 0 saturated heterocycles. The highest BCUT2D eigenvalue weighted by molar-refractivity contribution is 7.00. The van der Waals surface area contributed by atoms with Gasteiger partial charge in [-0.3, -0.25) is 0 Å². The van der Waals surface area contributed by atoms with Crippen molar-refractivity contribution in [2.75, 3.05) is 4.90 Å². The largest absolute Gasteiger partial charge is 0.310 e. The molecular formula is C108H82BN5. The number of benzene rings is 16. The molecule has 6 heteroatoms. The molecule has 2 aliphatic heterocycles. The lowest BCUT2D eigenvalue weighted by molar-refractivity contribution is 0.590. The topological polar surface area (TPSA) is 22.4 Å². The fourth-order valence-electron chi connectivity index (χ4n) is 19.3. The summed E-state index contributed by atoms with van der Waals surface area (Å²) in [5, 5.41) is 11.7. The lowest BCUT2D eigenvalue weighted by atomic mass is 9.33. The molecule has 0 fully saturated rings. The van der Waals surface area contributed by atoms with Crippen LogP contribution in [-0.2, 0) is 16.2 Å². The van der Waals surface area contributed by atoms with Crippen LogP contribution >= 0.6 is 0 Å². The summed E-state index contributed by atoms with van der Waals surface area (Å²) in [5.41, 5.74) is 20.2. The van der Waals surface area contributed by atoms with E-state index in [2.05, 4.69) is 305 Å². The molecular weight excluding hydrogens is 1380 g/mol. The highest BCUT2D eigenvalue weighted by Crippen LogP contribution is 2.56. The minimum Gasteiger partial charge on any atom is -0.310 e. The fourth-order valence-corrected chi connectivity index (χ4v) is 19.3. The summed E-state index contributed by atoms with van der Waals surface area (Å²) in [7, 11) is 0. The van der Waals surface area contributed by atoms with Crippen molar-refractivity contribution in [3.8, 4) is 50.4 Å². The van der Waals surface area contributed by atoms with Gasteiger partial charge in [0.05, 0.1) is 73.3 Å². The van der Waals surface area contributed by atoms with E-state index in [-0.39, 0.29) is 50.3 Å². The molecule has 542 valence electrons. The Hall–Kier alpha value is -13.4. The predicted octanol–water partition coefficient (Wildman–Crippen LogP) is 27.1. The van der Waals surface area contributed by atoms with Gasteiger partial charge < -0.3 is 23.0 Å². The van der Waals surface area contributed by atoms with Crippen molar-refractivity contribution in [2.24, 2.45) is 0 Å². The smallest absolute Gasteiger partial charge is 0.252 e. The molecule has 0 radical (unpaired) electrons. The second-order valence-corrected chi connectivity index (χ2v) is 34.2. The number of aromatic nitrogens is 4. The highest BCUT2D eigenvalue weighted by atomic mass is 15.2. The van der Waals surface area contributed by atoms with E-state index < -0.39 is 78.6 Å². The maximum Gasteiger partial charge on any atom is 0.252 e. The molecule has 16 aromatic carbocycles. The average Bonchev–Trinajstić information content (AvgIpc) is 1.54. The molecule has 0 spiro atoms. The van der Waals surface area contributed by atoms with Crippen molar-refractivity contribution in [2.45, 2.75) is 78.6 Å². The third-order valence-electron chi connectivity index (χ3n) is 24.6. The Balaban J connectivity index is 0.989. The minimum atomic E-state index is -0.708. The van der Waals surface area contributed by atoms with Crippen LogP contribution in [0.1, 0.15) is 96.8 Å². The van der Waals surface area contributed by atoms with Crippen LogP contribution in [0.3, 0.4) is 0 Å². The summed E-state index contributed by atoms with van der Waals surface area (Å²) in [5.74, 6) is 0. The lowest BCUT2D eigenvalue weighted by Crippen LogP contribution is -2.60.